The lowest BCUT2D eigenvalue weighted by molar-refractivity contribution is 0.102. The summed E-state index contributed by atoms with van der Waals surface area (Å²) >= 11 is 1.64. The highest BCUT2D eigenvalue weighted by Crippen LogP contribution is 2.29. The molecule has 0 aromatic heterocycles. The third kappa shape index (κ3) is 3.10. The maximum Gasteiger partial charge on any atom is 0.177 e. The Bertz CT molecular complexity index is 578. The zero-order valence-corrected chi connectivity index (χ0v) is 12.1. The summed E-state index contributed by atoms with van der Waals surface area (Å²) in [6, 6.07) is 11.9. The fourth-order valence-electron chi connectivity index (χ4n) is 2.08. The molecule has 0 saturated heterocycles. The molecular weight excluding hydrogens is 256 g/mol. The molecule has 0 aliphatic rings. The second-order valence-electron chi connectivity index (χ2n) is 4.15. The Balaban J connectivity index is 2.52. The van der Waals surface area contributed by atoms with Gasteiger partial charge in [-0.25, -0.2) is 0 Å². The summed E-state index contributed by atoms with van der Waals surface area (Å²) in [7, 11) is 0. The van der Waals surface area contributed by atoms with Gasteiger partial charge in [-0.3, -0.25) is 4.79 Å². The molecule has 2 nitrogen and oxygen atoms in total. The van der Waals surface area contributed by atoms with E-state index in [0.29, 0.717) is 18.1 Å². The molecule has 0 saturated carbocycles. The third-order valence-electron chi connectivity index (χ3n) is 2.91. The summed E-state index contributed by atoms with van der Waals surface area (Å²) in [5.74, 6) is 2.29. The largest absolute Gasteiger partial charge is 0.493 e. The number of benzene rings is 2. The van der Waals surface area contributed by atoms with Crippen LogP contribution in [-0.4, -0.2) is 23.9 Å². The SMILES string of the molecule is CCOc1ccc2ccccc2c1C(=O)CSCC. The standard InChI is InChI=1S/C16H18O2S/c1-3-18-15-10-9-12-7-5-6-8-13(12)16(15)14(17)11-19-4-2/h5-10H,3-4,11H2,1-2H3. The maximum atomic E-state index is 12.4. The molecule has 2 aromatic rings. The average Bonchev–Trinajstić information content (AvgIpc) is 2.45. The summed E-state index contributed by atoms with van der Waals surface area (Å²) in [5.41, 5.74) is 0.723. The normalized spacial score (nSPS) is 10.6. The van der Waals surface area contributed by atoms with Crippen molar-refractivity contribution in [1.29, 1.82) is 0 Å². The van der Waals surface area contributed by atoms with Gasteiger partial charge in [-0.1, -0.05) is 37.3 Å². The molecule has 0 amide bonds. The summed E-state index contributed by atoms with van der Waals surface area (Å²) in [4.78, 5) is 12.4. The van der Waals surface area contributed by atoms with E-state index in [1.165, 1.54) is 0 Å². The van der Waals surface area contributed by atoms with Crippen molar-refractivity contribution in [3.63, 3.8) is 0 Å². The van der Waals surface area contributed by atoms with Gasteiger partial charge in [0.15, 0.2) is 5.78 Å². The van der Waals surface area contributed by atoms with Crippen molar-refractivity contribution in [2.75, 3.05) is 18.1 Å². The van der Waals surface area contributed by atoms with Crippen molar-refractivity contribution in [2.45, 2.75) is 13.8 Å². The minimum Gasteiger partial charge on any atom is -0.493 e. The fraction of sp³-hybridized carbons (Fsp3) is 0.312. The Labute approximate surface area is 118 Å². The average molecular weight is 274 g/mol. The van der Waals surface area contributed by atoms with Crippen LogP contribution in [0.15, 0.2) is 36.4 Å². The number of hydrogen-bond donors (Lipinski definition) is 0. The number of fused-ring (bicyclic) bond motifs is 1. The molecule has 0 unspecified atom stereocenters. The van der Waals surface area contributed by atoms with Crippen LogP contribution in [0, 0.1) is 0 Å². The van der Waals surface area contributed by atoms with E-state index in [4.69, 9.17) is 4.74 Å². The smallest absolute Gasteiger partial charge is 0.177 e. The van der Waals surface area contributed by atoms with E-state index in [2.05, 4.69) is 6.92 Å². The van der Waals surface area contributed by atoms with Gasteiger partial charge in [0.25, 0.3) is 0 Å². The molecule has 0 aliphatic heterocycles. The van der Waals surface area contributed by atoms with Crippen LogP contribution in [0.5, 0.6) is 5.75 Å². The van der Waals surface area contributed by atoms with Gasteiger partial charge in [-0.15, -0.1) is 0 Å². The fourth-order valence-corrected chi connectivity index (χ4v) is 2.62. The van der Waals surface area contributed by atoms with Crippen LogP contribution in [0.2, 0.25) is 0 Å². The molecule has 0 spiro atoms. The molecule has 0 bridgehead atoms. The number of ketones is 1. The Morgan fingerprint density at radius 3 is 2.68 bits per heavy atom. The van der Waals surface area contributed by atoms with Crippen molar-refractivity contribution in [3.8, 4) is 5.75 Å². The van der Waals surface area contributed by atoms with Gasteiger partial charge < -0.3 is 4.74 Å². The van der Waals surface area contributed by atoms with Gasteiger partial charge in [-0.2, -0.15) is 11.8 Å². The summed E-state index contributed by atoms with van der Waals surface area (Å²) < 4.78 is 5.62. The number of carbonyl (C=O) groups is 1. The van der Waals surface area contributed by atoms with E-state index >= 15 is 0 Å². The molecule has 0 atom stereocenters. The highest BCUT2D eigenvalue weighted by atomic mass is 32.2. The van der Waals surface area contributed by atoms with Crippen molar-refractivity contribution in [3.05, 3.63) is 42.0 Å². The van der Waals surface area contributed by atoms with Crippen molar-refractivity contribution in [2.24, 2.45) is 0 Å². The summed E-state index contributed by atoms with van der Waals surface area (Å²) in [6.45, 7) is 4.56. The molecule has 0 aliphatic carbocycles. The first-order chi connectivity index (χ1) is 9.27. The molecule has 0 fully saturated rings. The summed E-state index contributed by atoms with van der Waals surface area (Å²) in [6.07, 6.45) is 0. The van der Waals surface area contributed by atoms with E-state index in [0.717, 1.165) is 22.1 Å². The van der Waals surface area contributed by atoms with E-state index in [9.17, 15) is 4.79 Å². The molecule has 100 valence electrons. The predicted molar refractivity (Wildman–Crippen MR) is 82.4 cm³/mol. The number of carbonyl (C=O) groups excluding carboxylic acids is 1. The van der Waals surface area contributed by atoms with Gasteiger partial charge in [0.1, 0.15) is 5.75 Å². The minimum atomic E-state index is 0.145. The molecule has 2 aromatic carbocycles. The number of thioether (sulfide) groups is 1. The lowest BCUT2D eigenvalue weighted by Gasteiger charge is -2.12. The Hall–Kier alpha value is -1.48. The van der Waals surface area contributed by atoms with Gasteiger partial charge in [0, 0.05) is 0 Å². The van der Waals surface area contributed by atoms with Gasteiger partial charge >= 0.3 is 0 Å². The second kappa shape index (κ2) is 6.62. The minimum absolute atomic E-state index is 0.145. The zero-order valence-electron chi connectivity index (χ0n) is 11.3. The van der Waals surface area contributed by atoms with Crippen LogP contribution < -0.4 is 4.74 Å². The van der Waals surface area contributed by atoms with E-state index in [-0.39, 0.29) is 5.78 Å². The predicted octanol–water partition coefficient (Wildman–Crippen LogP) is 4.17. The van der Waals surface area contributed by atoms with E-state index < -0.39 is 0 Å². The number of Topliss-reactive ketones (excluding diaryl/α,β-unsaturated/α-hetero) is 1. The highest BCUT2D eigenvalue weighted by molar-refractivity contribution is 7.99. The summed E-state index contributed by atoms with van der Waals surface area (Å²) in [5, 5.41) is 2.06. The number of rotatable bonds is 6. The topological polar surface area (TPSA) is 26.3 Å². The van der Waals surface area contributed by atoms with E-state index in [1.807, 2.05) is 43.3 Å². The first kappa shape index (κ1) is 13.9. The Morgan fingerprint density at radius 2 is 1.95 bits per heavy atom. The Morgan fingerprint density at radius 1 is 1.16 bits per heavy atom. The van der Waals surface area contributed by atoms with Crippen LogP contribution in [-0.2, 0) is 0 Å². The number of hydrogen-bond acceptors (Lipinski definition) is 3. The quantitative estimate of drug-likeness (QED) is 0.739. The highest BCUT2D eigenvalue weighted by Gasteiger charge is 2.16. The molecule has 0 radical (unpaired) electrons. The first-order valence-electron chi connectivity index (χ1n) is 6.53. The lowest BCUT2D eigenvalue weighted by Crippen LogP contribution is -2.07. The van der Waals surface area contributed by atoms with Crippen LogP contribution in [0.1, 0.15) is 24.2 Å². The van der Waals surface area contributed by atoms with Crippen LogP contribution in [0.25, 0.3) is 10.8 Å². The molecule has 19 heavy (non-hydrogen) atoms. The van der Waals surface area contributed by atoms with Gasteiger partial charge in [0.05, 0.1) is 17.9 Å². The van der Waals surface area contributed by atoms with Gasteiger partial charge in [0.2, 0.25) is 0 Å². The third-order valence-corrected chi connectivity index (χ3v) is 3.78. The maximum absolute atomic E-state index is 12.4. The van der Waals surface area contributed by atoms with E-state index in [1.54, 1.807) is 11.8 Å². The molecular formula is C16H18O2S. The zero-order chi connectivity index (χ0) is 13.7. The molecule has 0 N–H and O–H groups in total. The van der Waals surface area contributed by atoms with Gasteiger partial charge in [-0.05, 0) is 29.5 Å². The Kier molecular flexibility index (Phi) is 4.86. The van der Waals surface area contributed by atoms with Crippen molar-refractivity contribution in [1.82, 2.24) is 0 Å². The van der Waals surface area contributed by atoms with Crippen LogP contribution in [0.4, 0.5) is 0 Å². The first-order valence-corrected chi connectivity index (χ1v) is 7.68. The second-order valence-corrected chi connectivity index (χ2v) is 5.43. The monoisotopic (exact) mass is 274 g/mol. The lowest BCUT2D eigenvalue weighted by atomic mass is 10.0. The van der Waals surface area contributed by atoms with Crippen molar-refractivity contribution >= 4 is 28.3 Å². The van der Waals surface area contributed by atoms with Crippen LogP contribution in [0.3, 0.4) is 0 Å². The number of ether oxygens (including phenoxy) is 1. The molecule has 0 heterocycles. The van der Waals surface area contributed by atoms with Crippen LogP contribution >= 0.6 is 11.8 Å². The molecule has 3 heteroatoms. The van der Waals surface area contributed by atoms with Crippen molar-refractivity contribution < 1.29 is 9.53 Å². The molecule has 2 rings (SSSR count).